The second kappa shape index (κ2) is 8.92. The van der Waals surface area contributed by atoms with E-state index >= 15 is 0 Å². The SMILES string of the molecule is CC(C)Cn1c(CNC(=O)OC(C)(C)C)c(-c2ccccc2F)c2ccccc2c1=O. The van der Waals surface area contributed by atoms with Crippen molar-refractivity contribution >= 4 is 16.9 Å². The van der Waals surface area contributed by atoms with Gasteiger partial charge in [0.05, 0.1) is 6.54 Å². The van der Waals surface area contributed by atoms with Crippen molar-refractivity contribution in [3.8, 4) is 11.1 Å². The molecule has 5 nitrogen and oxygen atoms in total. The van der Waals surface area contributed by atoms with Crippen LogP contribution in [0, 0.1) is 11.7 Å². The molecule has 0 aliphatic heterocycles. The van der Waals surface area contributed by atoms with Crippen LogP contribution >= 0.6 is 0 Å². The van der Waals surface area contributed by atoms with Crippen LogP contribution < -0.4 is 10.9 Å². The van der Waals surface area contributed by atoms with Crippen LogP contribution in [0.25, 0.3) is 21.9 Å². The summed E-state index contributed by atoms with van der Waals surface area (Å²) >= 11 is 0. The molecule has 0 fully saturated rings. The average Bonchev–Trinajstić information content (AvgIpc) is 2.68. The Bertz CT molecular complexity index is 1160. The standard InChI is InChI=1S/C25H29FN2O3/c1-16(2)15-28-21(14-27-24(30)31-25(3,4)5)22(19-12-8-9-13-20(19)26)17-10-6-7-11-18(17)23(28)29/h6-13,16H,14-15H2,1-5H3,(H,27,30). The smallest absolute Gasteiger partial charge is 0.407 e. The summed E-state index contributed by atoms with van der Waals surface area (Å²) in [7, 11) is 0. The minimum Gasteiger partial charge on any atom is -0.444 e. The number of hydrogen-bond donors (Lipinski definition) is 1. The molecule has 0 saturated heterocycles. The van der Waals surface area contributed by atoms with Crippen molar-refractivity contribution < 1.29 is 13.9 Å². The molecule has 1 heterocycles. The molecule has 0 bridgehead atoms. The van der Waals surface area contributed by atoms with Crippen LogP contribution in [0.4, 0.5) is 9.18 Å². The number of halogens is 1. The number of amides is 1. The Kier molecular flexibility index (Phi) is 6.48. The minimum absolute atomic E-state index is 0.0331. The predicted octanol–water partition coefficient (Wildman–Crippen LogP) is 5.49. The van der Waals surface area contributed by atoms with E-state index < -0.39 is 11.7 Å². The molecule has 1 amide bonds. The topological polar surface area (TPSA) is 60.3 Å². The van der Waals surface area contributed by atoms with Gasteiger partial charge in [-0.15, -0.1) is 0 Å². The molecule has 6 heteroatoms. The van der Waals surface area contributed by atoms with Crippen molar-refractivity contribution in [3.05, 3.63) is 70.4 Å². The van der Waals surface area contributed by atoms with Crippen molar-refractivity contribution in [3.63, 3.8) is 0 Å². The summed E-state index contributed by atoms with van der Waals surface area (Å²) in [4.78, 5) is 25.7. The number of fused-ring (bicyclic) bond motifs is 1. The number of ether oxygens (including phenoxy) is 1. The van der Waals surface area contributed by atoms with Gasteiger partial charge in [0.25, 0.3) is 5.56 Å². The average molecular weight is 425 g/mol. The maximum absolute atomic E-state index is 14.9. The van der Waals surface area contributed by atoms with E-state index in [-0.39, 0.29) is 23.8 Å². The molecule has 0 atom stereocenters. The summed E-state index contributed by atoms with van der Waals surface area (Å²) in [5.74, 6) is -0.214. The first-order valence-electron chi connectivity index (χ1n) is 10.4. The van der Waals surface area contributed by atoms with Gasteiger partial charge in [0, 0.05) is 28.8 Å². The molecule has 0 saturated carbocycles. The summed E-state index contributed by atoms with van der Waals surface area (Å²) in [5, 5.41) is 3.91. The normalized spacial score (nSPS) is 11.7. The summed E-state index contributed by atoms with van der Waals surface area (Å²) in [6.07, 6.45) is -0.594. The molecule has 164 valence electrons. The summed E-state index contributed by atoms with van der Waals surface area (Å²) < 4.78 is 21.9. The third-order valence-corrected chi connectivity index (χ3v) is 4.78. The zero-order valence-electron chi connectivity index (χ0n) is 18.7. The molecule has 0 radical (unpaired) electrons. The Balaban J connectivity index is 2.26. The van der Waals surface area contributed by atoms with Gasteiger partial charge in [-0.25, -0.2) is 9.18 Å². The number of aromatic nitrogens is 1. The lowest BCUT2D eigenvalue weighted by Gasteiger charge is -2.23. The van der Waals surface area contributed by atoms with Crippen LogP contribution in [0.1, 0.15) is 40.3 Å². The molecule has 3 aromatic rings. The third kappa shape index (κ3) is 5.13. The zero-order valence-corrected chi connectivity index (χ0v) is 18.7. The first-order valence-corrected chi connectivity index (χ1v) is 10.4. The fourth-order valence-corrected chi connectivity index (χ4v) is 3.62. The van der Waals surface area contributed by atoms with Crippen molar-refractivity contribution in [2.75, 3.05) is 0 Å². The number of hydrogen-bond acceptors (Lipinski definition) is 3. The largest absolute Gasteiger partial charge is 0.444 e. The van der Waals surface area contributed by atoms with Gasteiger partial charge in [0.15, 0.2) is 0 Å². The summed E-state index contributed by atoms with van der Waals surface area (Å²) in [6.45, 7) is 9.83. The number of alkyl carbamates (subject to hydrolysis) is 1. The fourth-order valence-electron chi connectivity index (χ4n) is 3.62. The monoisotopic (exact) mass is 424 g/mol. The summed E-state index contributed by atoms with van der Waals surface area (Å²) in [5.41, 5.74) is 0.723. The van der Waals surface area contributed by atoms with E-state index in [0.29, 0.717) is 34.1 Å². The molecular formula is C25H29FN2O3. The minimum atomic E-state index is -0.653. The highest BCUT2D eigenvalue weighted by atomic mass is 19.1. The first-order chi connectivity index (χ1) is 14.6. The van der Waals surface area contributed by atoms with Crippen LogP contribution in [-0.4, -0.2) is 16.3 Å². The molecular weight excluding hydrogens is 395 g/mol. The van der Waals surface area contributed by atoms with Crippen LogP contribution in [-0.2, 0) is 17.8 Å². The van der Waals surface area contributed by atoms with Gasteiger partial charge in [-0.3, -0.25) is 4.79 Å². The van der Waals surface area contributed by atoms with Crippen LogP contribution in [0.2, 0.25) is 0 Å². The maximum atomic E-state index is 14.9. The van der Waals surface area contributed by atoms with Gasteiger partial charge >= 0.3 is 6.09 Å². The van der Waals surface area contributed by atoms with Crippen molar-refractivity contribution in [1.82, 2.24) is 9.88 Å². The molecule has 1 aromatic heterocycles. The molecule has 2 aromatic carbocycles. The highest BCUT2D eigenvalue weighted by molar-refractivity contribution is 5.97. The number of pyridine rings is 1. The fraction of sp³-hybridized carbons (Fsp3) is 0.360. The molecule has 0 aliphatic carbocycles. The van der Waals surface area contributed by atoms with E-state index in [1.807, 2.05) is 26.0 Å². The number of benzene rings is 2. The number of nitrogens with zero attached hydrogens (tertiary/aromatic N) is 1. The van der Waals surface area contributed by atoms with Gasteiger partial charge in [-0.05, 0) is 44.2 Å². The van der Waals surface area contributed by atoms with Crippen molar-refractivity contribution in [2.24, 2.45) is 5.92 Å². The number of carbonyl (C=O) groups is 1. The van der Waals surface area contributed by atoms with Crippen LogP contribution in [0.3, 0.4) is 0 Å². The number of rotatable bonds is 5. The molecule has 0 unspecified atom stereocenters. The van der Waals surface area contributed by atoms with E-state index in [9.17, 15) is 14.0 Å². The van der Waals surface area contributed by atoms with Crippen molar-refractivity contribution in [2.45, 2.75) is 53.3 Å². The quantitative estimate of drug-likeness (QED) is 0.589. The molecule has 31 heavy (non-hydrogen) atoms. The maximum Gasteiger partial charge on any atom is 0.407 e. The Morgan fingerprint density at radius 3 is 2.29 bits per heavy atom. The van der Waals surface area contributed by atoms with E-state index in [2.05, 4.69) is 5.32 Å². The van der Waals surface area contributed by atoms with E-state index in [1.54, 1.807) is 55.7 Å². The lowest BCUT2D eigenvalue weighted by atomic mass is 9.95. The Morgan fingerprint density at radius 1 is 1.06 bits per heavy atom. The van der Waals surface area contributed by atoms with E-state index in [0.717, 1.165) is 0 Å². The number of carbonyl (C=O) groups excluding carboxylic acids is 1. The van der Waals surface area contributed by atoms with E-state index in [4.69, 9.17) is 4.74 Å². The van der Waals surface area contributed by atoms with Gasteiger partial charge in [-0.1, -0.05) is 50.2 Å². The predicted molar refractivity (Wildman–Crippen MR) is 122 cm³/mol. The number of nitrogens with one attached hydrogen (secondary N) is 1. The zero-order chi connectivity index (χ0) is 22.8. The second-order valence-electron chi connectivity index (χ2n) is 9.01. The van der Waals surface area contributed by atoms with Gasteiger partial charge < -0.3 is 14.6 Å². The van der Waals surface area contributed by atoms with Crippen LogP contribution in [0.15, 0.2) is 53.3 Å². The molecule has 0 aliphatic rings. The van der Waals surface area contributed by atoms with Crippen molar-refractivity contribution in [1.29, 1.82) is 0 Å². The van der Waals surface area contributed by atoms with Crippen LogP contribution in [0.5, 0.6) is 0 Å². The third-order valence-electron chi connectivity index (χ3n) is 4.78. The Labute approximate surface area is 181 Å². The lowest BCUT2D eigenvalue weighted by Crippen LogP contribution is -2.35. The van der Waals surface area contributed by atoms with E-state index in [1.165, 1.54) is 6.07 Å². The molecule has 0 spiro atoms. The first kappa shape index (κ1) is 22.5. The summed E-state index contributed by atoms with van der Waals surface area (Å²) in [6, 6.07) is 13.7. The lowest BCUT2D eigenvalue weighted by molar-refractivity contribution is 0.0522. The Morgan fingerprint density at radius 2 is 1.68 bits per heavy atom. The highest BCUT2D eigenvalue weighted by Crippen LogP contribution is 2.33. The Hall–Kier alpha value is -3.15. The van der Waals surface area contributed by atoms with Gasteiger partial charge in [0.2, 0.25) is 0 Å². The molecule has 3 rings (SSSR count). The second-order valence-corrected chi connectivity index (χ2v) is 9.01. The highest BCUT2D eigenvalue weighted by Gasteiger charge is 2.22. The van der Waals surface area contributed by atoms with Gasteiger partial charge in [-0.2, -0.15) is 0 Å². The van der Waals surface area contributed by atoms with Gasteiger partial charge in [0.1, 0.15) is 11.4 Å². The molecule has 1 N–H and O–H groups in total.